The van der Waals surface area contributed by atoms with Gasteiger partial charge in [0.25, 0.3) is 0 Å². The second-order valence-corrected chi connectivity index (χ2v) is 6.85. The van der Waals surface area contributed by atoms with E-state index in [2.05, 4.69) is 33.8 Å². The zero-order valence-corrected chi connectivity index (χ0v) is 13.2. The summed E-state index contributed by atoms with van der Waals surface area (Å²) in [4.78, 5) is 0. The molecule has 0 bridgehead atoms. The SMILES string of the molecule is CC(C)=CCOC(C)(C)C1C/C(=C\CO)CCC12CO2. The van der Waals surface area contributed by atoms with Gasteiger partial charge in [0, 0.05) is 5.92 Å². The summed E-state index contributed by atoms with van der Waals surface area (Å²) in [6, 6.07) is 0. The van der Waals surface area contributed by atoms with Crippen molar-refractivity contribution in [1.29, 1.82) is 0 Å². The Morgan fingerprint density at radius 3 is 2.75 bits per heavy atom. The van der Waals surface area contributed by atoms with Crippen LogP contribution in [0.2, 0.25) is 0 Å². The highest BCUT2D eigenvalue weighted by atomic mass is 16.6. The van der Waals surface area contributed by atoms with E-state index in [1.165, 1.54) is 11.1 Å². The largest absolute Gasteiger partial charge is 0.392 e. The Balaban J connectivity index is 2.06. The molecule has 1 aliphatic heterocycles. The van der Waals surface area contributed by atoms with Crippen LogP contribution in [0.3, 0.4) is 0 Å². The summed E-state index contributed by atoms with van der Waals surface area (Å²) >= 11 is 0. The third-order valence-corrected chi connectivity index (χ3v) is 4.65. The predicted octanol–water partition coefficient (Wildman–Crippen LogP) is 3.24. The first-order valence-corrected chi connectivity index (χ1v) is 7.60. The molecule has 0 aromatic heterocycles. The van der Waals surface area contributed by atoms with Crippen molar-refractivity contribution in [3.63, 3.8) is 0 Å². The Morgan fingerprint density at radius 1 is 1.50 bits per heavy atom. The smallest absolute Gasteiger partial charge is 0.0977 e. The van der Waals surface area contributed by atoms with Crippen molar-refractivity contribution < 1.29 is 14.6 Å². The molecule has 2 atom stereocenters. The van der Waals surface area contributed by atoms with Gasteiger partial charge in [0.05, 0.1) is 31.0 Å². The molecule has 2 aliphatic rings. The second-order valence-electron chi connectivity index (χ2n) is 6.85. The lowest BCUT2D eigenvalue weighted by molar-refractivity contribution is -0.0782. The fourth-order valence-corrected chi connectivity index (χ4v) is 3.25. The number of ether oxygens (including phenoxy) is 2. The average Bonchev–Trinajstić information content (AvgIpc) is 3.12. The third kappa shape index (κ3) is 3.51. The first-order valence-electron chi connectivity index (χ1n) is 7.60. The molecule has 2 unspecified atom stereocenters. The Bertz CT molecular complexity index is 398. The van der Waals surface area contributed by atoms with Crippen LogP contribution in [0.1, 0.15) is 47.0 Å². The molecule has 2 rings (SSSR count). The minimum absolute atomic E-state index is 0.0290. The summed E-state index contributed by atoms with van der Waals surface area (Å²) in [6.07, 6.45) is 7.15. The monoisotopic (exact) mass is 280 g/mol. The van der Waals surface area contributed by atoms with Gasteiger partial charge in [-0.25, -0.2) is 0 Å². The van der Waals surface area contributed by atoms with Gasteiger partial charge in [-0.1, -0.05) is 23.3 Å². The van der Waals surface area contributed by atoms with E-state index in [0.29, 0.717) is 12.5 Å². The molecule has 1 saturated carbocycles. The molecular formula is C17H28O3. The molecule has 1 heterocycles. The Morgan fingerprint density at radius 2 is 2.20 bits per heavy atom. The quantitative estimate of drug-likeness (QED) is 0.621. The number of rotatable bonds is 5. The van der Waals surface area contributed by atoms with Gasteiger partial charge >= 0.3 is 0 Å². The normalized spacial score (nSPS) is 31.6. The van der Waals surface area contributed by atoms with Crippen molar-refractivity contribution >= 4 is 0 Å². The number of aliphatic hydroxyl groups excluding tert-OH is 1. The minimum Gasteiger partial charge on any atom is -0.392 e. The third-order valence-electron chi connectivity index (χ3n) is 4.65. The first kappa shape index (κ1) is 15.7. The zero-order chi connectivity index (χ0) is 14.8. The Hall–Kier alpha value is -0.640. The summed E-state index contributed by atoms with van der Waals surface area (Å²) < 4.78 is 11.9. The Labute approximate surface area is 122 Å². The zero-order valence-electron chi connectivity index (χ0n) is 13.2. The average molecular weight is 280 g/mol. The number of epoxide rings is 1. The minimum atomic E-state index is -0.211. The molecule has 1 spiro atoms. The maximum Gasteiger partial charge on any atom is 0.0977 e. The Kier molecular flexibility index (Phi) is 4.73. The van der Waals surface area contributed by atoms with E-state index in [1.54, 1.807) is 0 Å². The molecule has 0 aromatic carbocycles. The van der Waals surface area contributed by atoms with Crippen LogP contribution in [0, 0.1) is 5.92 Å². The molecule has 0 radical (unpaired) electrons. The van der Waals surface area contributed by atoms with Gasteiger partial charge in [-0.05, 0) is 47.0 Å². The molecule has 1 saturated heterocycles. The maximum absolute atomic E-state index is 9.11. The molecule has 3 heteroatoms. The van der Waals surface area contributed by atoms with Crippen molar-refractivity contribution in [2.75, 3.05) is 19.8 Å². The van der Waals surface area contributed by atoms with Crippen molar-refractivity contribution in [3.05, 3.63) is 23.3 Å². The van der Waals surface area contributed by atoms with E-state index < -0.39 is 0 Å². The lowest BCUT2D eigenvalue weighted by Crippen LogP contribution is -2.46. The van der Waals surface area contributed by atoms with Crippen LogP contribution in [0.15, 0.2) is 23.3 Å². The number of hydrogen-bond donors (Lipinski definition) is 1. The van der Waals surface area contributed by atoms with Crippen LogP contribution < -0.4 is 0 Å². The van der Waals surface area contributed by atoms with E-state index in [1.807, 2.05) is 6.08 Å². The summed E-state index contributed by atoms with van der Waals surface area (Å²) in [7, 11) is 0. The summed E-state index contributed by atoms with van der Waals surface area (Å²) in [5.41, 5.74) is 2.44. The van der Waals surface area contributed by atoms with Crippen molar-refractivity contribution in [1.82, 2.24) is 0 Å². The van der Waals surface area contributed by atoms with Gasteiger partial charge in [-0.2, -0.15) is 0 Å². The van der Waals surface area contributed by atoms with Crippen molar-refractivity contribution in [2.45, 2.75) is 58.2 Å². The molecule has 114 valence electrons. The fourth-order valence-electron chi connectivity index (χ4n) is 3.25. The summed E-state index contributed by atoms with van der Waals surface area (Å²) in [5, 5.41) is 9.11. The number of hydrogen-bond acceptors (Lipinski definition) is 3. The van der Waals surface area contributed by atoms with Crippen LogP contribution in [0.5, 0.6) is 0 Å². The van der Waals surface area contributed by atoms with Crippen LogP contribution in [0.4, 0.5) is 0 Å². The van der Waals surface area contributed by atoms with Gasteiger partial charge in [-0.15, -0.1) is 0 Å². The highest BCUT2D eigenvalue weighted by Crippen LogP contribution is 2.52. The molecule has 2 fully saturated rings. The van der Waals surface area contributed by atoms with Crippen molar-refractivity contribution in [2.24, 2.45) is 5.92 Å². The van der Waals surface area contributed by atoms with Gasteiger partial charge in [0.15, 0.2) is 0 Å². The topological polar surface area (TPSA) is 42.0 Å². The summed E-state index contributed by atoms with van der Waals surface area (Å²) in [6.45, 7) is 10.2. The lowest BCUT2D eigenvalue weighted by atomic mass is 9.69. The predicted molar refractivity (Wildman–Crippen MR) is 80.7 cm³/mol. The van der Waals surface area contributed by atoms with E-state index >= 15 is 0 Å². The summed E-state index contributed by atoms with van der Waals surface area (Å²) in [5.74, 6) is 0.368. The first-order chi connectivity index (χ1) is 9.39. The molecule has 3 nitrogen and oxygen atoms in total. The highest BCUT2D eigenvalue weighted by molar-refractivity contribution is 5.18. The molecule has 1 aliphatic carbocycles. The lowest BCUT2D eigenvalue weighted by Gasteiger charge is -2.41. The molecule has 0 aromatic rings. The standard InChI is InChI=1S/C17H28O3/c1-13(2)7-10-19-16(3,4)15-11-14(6-9-18)5-8-17(15)12-20-17/h6-7,15,18H,5,8-12H2,1-4H3/b14-6-. The van der Waals surface area contributed by atoms with Crippen LogP contribution in [-0.4, -0.2) is 36.1 Å². The van der Waals surface area contributed by atoms with Crippen molar-refractivity contribution in [3.8, 4) is 0 Å². The second kappa shape index (κ2) is 6.00. The maximum atomic E-state index is 9.11. The molecule has 20 heavy (non-hydrogen) atoms. The highest BCUT2D eigenvalue weighted by Gasteiger charge is 2.58. The van der Waals surface area contributed by atoms with Gasteiger partial charge < -0.3 is 14.6 Å². The van der Waals surface area contributed by atoms with Gasteiger partial charge in [-0.3, -0.25) is 0 Å². The van der Waals surface area contributed by atoms with E-state index in [9.17, 15) is 0 Å². The van der Waals surface area contributed by atoms with Crippen LogP contribution in [-0.2, 0) is 9.47 Å². The van der Waals surface area contributed by atoms with Crippen LogP contribution in [0.25, 0.3) is 0 Å². The van der Waals surface area contributed by atoms with Crippen LogP contribution >= 0.6 is 0 Å². The van der Waals surface area contributed by atoms with E-state index in [-0.39, 0.29) is 17.8 Å². The van der Waals surface area contributed by atoms with Gasteiger partial charge in [0.2, 0.25) is 0 Å². The fraction of sp³-hybridized carbons (Fsp3) is 0.765. The molecule has 0 amide bonds. The van der Waals surface area contributed by atoms with E-state index in [4.69, 9.17) is 14.6 Å². The molecule has 1 N–H and O–H groups in total. The van der Waals surface area contributed by atoms with Gasteiger partial charge in [0.1, 0.15) is 0 Å². The molecular weight excluding hydrogens is 252 g/mol. The number of allylic oxidation sites excluding steroid dienone is 2. The van der Waals surface area contributed by atoms with E-state index in [0.717, 1.165) is 25.9 Å². The number of aliphatic hydroxyl groups is 1.